The van der Waals surface area contributed by atoms with Crippen LogP contribution >= 0.6 is 23.1 Å². The Balaban J connectivity index is 1.95. The number of thiazole rings is 1. The van der Waals surface area contributed by atoms with Crippen LogP contribution in [0.3, 0.4) is 0 Å². The van der Waals surface area contributed by atoms with Crippen LogP contribution in [0.1, 0.15) is 0 Å². The molecule has 0 fully saturated rings. The molecule has 2 nitrogen and oxygen atoms in total. The highest BCUT2D eigenvalue weighted by Gasteiger charge is 2.08. The maximum Gasteiger partial charge on any atom is 0.126 e. The molecule has 0 saturated heterocycles. The fourth-order valence-electron chi connectivity index (χ4n) is 1.98. The van der Waals surface area contributed by atoms with Crippen molar-refractivity contribution in [3.63, 3.8) is 0 Å². The number of benzene rings is 2. The van der Waals surface area contributed by atoms with Crippen molar-refractivity contribution in [2.24, 2.45) is 0 Å². The van der Waals surface area contributed by atoms with Crippen molar-refractivity contribution in [1.29, 1.82) is 0 Å². The van der Waals surface area contributed by atoms with Crippen LogP contribution in [0, 0.1) is 0 Å². The predicted molar refractivity (Wildman–Crippen MR) is 89.2 cm³/mol. The number of hydrogen-bond acceptors (Lipinski definition) is 4. The minimum absolute atomic E-state index is 0.770. The molecule has 0 unspecified atom stereocenters. The van der Waals surface area contributed by atoms with Gasteiger partial charge in [-0.1, -0.05) is 24.3 Å². The summed E-state index contributed by atoms with van der Waals surface area (Å²) < 4.78 is 0. The summed E-state index contributed by atoms with van der Waals surface area (Å²) in [6.07, 6.45) is 2.08. The smallest absolute Gasteiger partial charge is 0.126 e. The van der Waals surface area contributed by atoms with Crippen LogP contribution in [0.5, 0.6) is 0 Å². The first-order valence-electron chi connectivity index (χ1n) is 6.23. The normalized spacial score (nSPS) is 10.7. The number of aromatic nitrogens is 1. The van der Waals surface area contributed by atoms with Crippen LogP contribution in [0.15, 0.2) is 58.8 Å². The van der Waals surface area contributed by atoms with Gasteiger partial charge in [-0.2, -0.15) is 0 Å². The summed E-state index contributed by atoms with van der Waals surface area (Å²) >= 11 is 3.37. The van der Waals surface area contributed by atoms with Crippen molar-refractivity contribution in [2.45, 2.75) is 4.90 Å². The third-order valence-electron chi connectivity index (χ3n) is 3.08. The van der Waals surface area contributed by atoms with Gasteiger partial charge in [0, 0.05) is 27.1 Å². The number of anilines is 1. The largest absolute Gasteiger partial charge is 0.398 e. The maximum atomic E-state index is 6.00. The lowest BCUT2D eigenvalue weighted by atomic mass is 10.1. The van der Waals surface area contributed by atoms with Crippen LogP contribution in [-0.4, -0.2) is 11.2 Å². The number of nitrogens with zero attached hydrogens (tertiary/aromatic N) is 1. The van der Waals surface area contributed by atoms with Gasteiger partial charge in [-0.3, -0.25) is 0 Å². The van der Waals surface area contributed by atoms with Crippen LogP contribution in [-0.2, 0) is 0 Å². The lowest BCUT2D eigenvalue weighted by molar-refractivity contribution is 1.38. The molecule has 1 aromatic heterocycles. The molecule has 0 aliphatic carbocycles. The highest BCUT2D eigenvalue weighted by atomic mass is 32.2. The molecular weight excluding hydrogens is 284 g/mol. The summed E-state index contributed by atoms with van der Waals surface area (Å²) in [7, 11) is 0. The first-order chi connectivity index (χ1) is 9.78. The van der Waals surface area contributed by atoms with E-state index in [4.69, 9.17) is 10.7 Å². The molecule has 2 aromatic carbocycles. The Labute approximate surface area is 126 Å². The van der Waals surface area contributed by atoms with Gasteiger partial charge in [0.1, 0.15) is 5.01 Å². The van der Waals surface area contributed by atoms with E-state index in [0.29, 0.717) is 0 Å². The molecule has 3 aromatic rings. The molecule has 3 rings (SSSR count). The van der Waals surface area contributed by atoms with Crippen molar-refractivity contribution in [3.8, 4) is 21.8 Å². The number of nitrogens with two attached hydrogens (primary N) is 1. The Morgan fingerprint density at radius 2 is 1.80 bits per heavy atom. The van der Waals surface area contributed by atoms with E-state index in [2.05, 4.69) is 35.9 Å². The van der Waals surface area contributed by atoms with Gasteiger partial charge in [0.2, 0.25) is 0 Å². The van der Waals surface area contributed by atoms with Gasteiger partial charge in [0.25, 0.3) is 0 Å². The minimum atomic E-state index is 0.770. The number of thioether (sulfide) groups is 1. The fraction of sp³-hybridized carbons (Fsp3) is 0.0625. The maximum absolute atomic E-state index is 6.00. The minimum Gasteiger partial charge on any atom is -0.398 e. The summed E-state index contributed by atoms with van der Waals surface area (Å²) in [5.41, 5.74) is 9.92. The Morgan fingerprint density at radius 1 is 1.05 bits per heavy atom. The number of para-hydroxylation sites is 1. The summed E-state index contributed by atoms with van der Waals surface area (Å²) in [5.74, 6) is 0. The Kier molecular flexibility index (Phi) is 3.76. The van der Waals surface area contributed by atoms with Gasteiger partial charge < -0.3 is 5.73 Å². The molecule has 100 valence electrons. The van der Waals surface area contributed by atoms with Gasteiger partial charge >= 0.3 is 0 Å². The van der Waals surface area contributed by atoms with E-state index < -0.39 is 0 Å². The zero-order valence-corrected chi connectivity index (χ0v) is 12.7. The summed E-state index contributed by atoms with van der Waals surface area (Å²) in [4.78, 5) is 5.96. The molecule has 0 atom stereocenters. The van der Waals surface area contributed by atoms with Crippen molar-refractivity contribution in [3.05, 3.63) is 53.9 Å². The number of rotatable bonds is 3. The first kappa shape index (κ1) is 13.2. The number of hydrogen-bond donors (Lipinski definition) is 1. The van der Waals surface area contributed by atoms with E-state index in [9.17, 15) is 0 Å². The Morgan fingerprint density at radius 3 is 2.50 bits per heavy atom. The lowest BCUT2D eigenvalue weighted by Crippen LogP contribution is -1.88. The van der Waals surface area contributed by atoms with E-state index in [1.807, 2.05) is 24.3 Å². The van der Waals surface area contributed by atoms with Gasteiger partial charge in [-0.05, 0) is 30.5 Å². The van der Waals surface area contributed by atoms with Crippen molar-refractivity contribution >= 4 is 28.8 Å². The predicted octanol–water partition coefficient (Wildman–Crippen LogP) is 4.78. The Hall–Kier alpha value is -1.78. The fourth-order valence-corrected chi connectivity index (χ4v) is 3.27. The second-order valence-electron chi connectivity index (χ2n) is 4.35. The van der Waals surface area contributed by atoms with Crippen molar-refractivity contribution in [1.82, 2.24) is 4.98 Å². The highest BCUT2D eigenvalue weighted by Crippen LogP contribution is 2.32. The van der Waals surface area contributed by atoms with Crippen LogP contribution in [0.25, 0.3) is 21.8 Å². The first-order valence-corrected chi connectivity index (χ1v) is 8.33. The molecule has 0 bridgehead atoms. The van der Waals surface area contributed by atoms with Crippen LogP contribution < -0.4 is 5.73 Å². The molecule has 4 heteroatoms. The van der Waals surface area contributed by atoms with E-state index in [1.165, 1.54) is 4.90 Å². The van der Waals surface area contributed by atoms with E-state index in [-0.39, 0.29) is 0 Å². The molecular formula is C16H14N2S2. The van der Waals surface area contributed by atoms with E-state index in [1.54, 1.807) is 23.1 Å². The summed E-state index contributed by atoms with van der Waals surface area (Å²) in [5, 5.41) is 3.04. The number of nitrogen functional groups attached to an aromatic ring is 1. The van der Waals surface area contributed by atoms with E-state index in [0.717, 1.165) is 27.5 Å². The monoisotopic (exact) mass is 298 g/mol. The highest BCUT2D eigenvalue weighted by molar-refractivity contribution is 7.98. The zero-order valence-electron chi connectivity index (χ0n) is 11.0. The van der Waals surface area contributed by atoms with Gasteiger partial charge in [0.15, 0.2) is 0 Å². The summed E-state index contributed by atoms with van der Waals surface area (Å²) in [6, 6.07) is 16.3. The second-order valence-corrected chi connectivity index (χ2v) is 6.09. The van der Waals surface area contributed by atoms with Crippen LogP contribution in [0.4, 0.5) is 5.69 Å². The molecule has 0 radical (unpaired) electrons. The third-order valence-corrected chi connectivity index (χ3v) is 4.70. The average Bonchev–Trinajstić information content (AvgIpc) is 2.97. The third kappa shape index (κ3) is 2.57. The van der Waals surface area contributed by atoms with E-state index >= 15 is 0 Å². The average molecular weight is 298 g/mol. The standard InChI is InChI=1S/C16H14N2S2/c1-19-12-8-6-11(7-9-12)15-10-20-16(18-15)13-4-2-3-5-14(13)17/h2-10H,17H2,1H3. The molecule has 1 heterocycles. The lowest BCUT2D eigenvalue weighted by Gasteiger charge is -2.01. The second kappa shape index (κ2) is 5.69. The molecule has 0 aliphatic heterocycles. The SMILES string of the molecule is CSc1ccc(-c2csc(-c3ccccc3N)n2)cc1. The quantitative estimate of drug-likeness (QED) is 0.558. The molecule has 0 saturated carbocycles. The molecule has 0 amide bonds. The van der Waals surface area contributed by atoms with Crippen LogP contribution in [0.2, 0.25) is 0 Å². The summed E-state index contributed by atoms with van der Waals surface area (Å²) in [6.45, 7) is 0. The van der Waals surface area contributed by atoms with Gasteiger partial charge in [-0.15, -0.1) is 23.1 Å². The molecule has 2 N–H and O–H groups in total. The van der Waals surface area contributed by atoms with Crippen molar-refractivity contribution < 1.29 is 0 Å². The molecule has 20 heavy (non-hydrogen) atoms. The Bertz CT molecular complexity index is 717. The molecule has 0 aliphatic rings. The van der Waals surface area contributed by atoms with Gasteiger partial charge in [0.05, 0.1) is 5.69 Å². The van der Waals surface area contributed by atoms with Gasteiger partial charge in [-0.25, -0.2) is 4.98 Å². The van der Waals surface area contributed by atoms with Crippen molar-refractivity contribution in [2.75, 3.05) is 12.0 Å². The molecule has 0 spiro atoms. The topological polar surface area (TPSA) is 38.9 Å². The zero-order chi connectivity index (χ0) is 13.9.